The molecule has 5 rings (SSSR count). The lowest BCUT2D eigenvalue weighted by molar-refractivity contribution is 0.115. The van der Waals surface area contributed by atoms with Gasteiger partial charge in [0.15, 0.2) is 0 Å². The van der Waals surface area contributed by atoms with Crippen LogP contribution in [0.15, 0.2) is 72.8 Å². The van der Waals surface area contributed by atoms with E-state index >= 15 is 0 Å². The van der Waals surface area contributed by atoms with Gasteiger partial charge in [-0.2, -0.15) is 5.26 Å². The van der Waals surface area contributed by atoms with Crippen molar-refractivity contribution < 1.29 is 13.9 Å². The van der Waals surface area contributed by atoms with Crippen molar-refractivity contribution in [2.45, 2.75) is 31.5 Å². The summed E-state index contributed by atoms with van der Waals surface area (Å²) < 4.78 is 18.7. The Morgan fingerprint density at radius 1 is 1.00 bits per heavy atom. The zero-order valence-corrected chi connectivity index (χ0v) is 18.8. The number of nitrogens with zero attached hydrogens (tertiary/aromatic N) is 3. The van der Waals surface area contributed by atoms with Crippen LogP contribution in [-0.4, -0.2) is 41.0 Å². The lowest BCUT2D eigenvalue weighted by atomic mass is 10.0. The molecule has 0 aromatic heterocycles. The number of hydrogen-bond donors (Lipinski definition) is 1. The maximum Gasteiger partial charge on any atom is 0.322 e. The highest BCUT2D eigenvalue weighted by Crippen LogP contribution is 2.37. The molecule has 6 nitrogen and oxygen atoms in total. The number of benzene rings is 3. The van der Waals surface area contributed by atoms with Gasteiger partial charge in [-0.3, -0.25) is 4.90 Å². The second-order valence-corrected chi connectivity index (χ2v) is 8.81. The molecule has 0 radical (unpaired) electrons. The number of likely N-dealkylation sites (tertiary alicyclic amines) is 2. The van der Waals surface area contributed by atoms with E-state index in [2.05, 4.69) is 23.2 Å². The SMILES string of the molecule is CC(c1ccc(C#N)cc1)N1CC2CC1CN2C(=O)Nc1ccc(Oc2ccc(F)cc2)cc1. The van der Waals surface area contributed by atoms with Crippen molar-refractivity contribution in [2.75, 3.05) is 18.4 Å². The van der Waals surface area contributed by atoms with Gasteiger partial charge in [-0.05, 0) is 79.6 Å². The second-order valence-electron chi connectivity index (χ2n) is 8.81. The number of amides is 2. The van der Waals surface area contributed by atoms with Crippen LogP contribution in [0.4, 0.5) is 14.9 Å². The van der Waals surface area contributed by atoms with Gasteiger partial charge >= 0.3 is 6.03 Å². The standard InChI is InChI=1S/C27H25FN4O2/c1-18(20-4-2-19(15-29)3-5-20)31-16-24-14-23(31)17-32(24)27(33)30-22-8-12-26(13-9-22)34-25-10-6-21(28)7-11-25/h2-13,18,23-24H,14,16-17H2,1H3,(H,30,33). The minimum Gasteiger partial charge on any atom is -0.457 e. The summed E-state index contributed by atoms with van der Waals surface area (Å²) in [7, 11) is 0. The molecule has 0 aliphatic carbocycles. The third-order valence-corrected chi connectivity index (χ3v) is 6.72. The van der Waals surface area contributed by atoms with Crippen LogP contribution in [0.3, 0.4) is 0 Å². The van der Waals surface area contributed by atoms with Crippen LogP contribution in [0.5, 0.6) is 11.5 Å². The summed E-state index contributed by atoms with van der Waals surface area (Å²) in [6.45, 7) is 3.72. The van der Waals surface area contributed by atoms with Crippen LogP contribution in [-0.2, 0) is 0 Å². The van der Waals surface area contributed by atoms with E-state index in [4.69, 9.17) is 10.00 Å². The van der Waals surface area contributed by atoms with Crippen molar-refractivity contribution in [1.29, 1.82) is 5.26 Å². The molecule has 0 spiro atoms. The van der Waals surface area contributed by atoms with Crippen LogP contribution in [0.2, 0.25) is 0 Å². The normalized spacial score (nSPS) is 20.1. The first-order chi connectivity index (χ1) is 16.5. The van der Waals surface area contributed by atoms with Gasteiger partial charge in [-0.15, -0.1) is 0 Å². The molecular weight excluding hydrogens is 431 g/mol. The van der Waals surface area contributed by atoms with E-state index in [0.29, 0.717) is 35.3 Å². The number of urea groups is 1. The van der Waals surface area contributed by atoms with E-state index in [9.17, 15) is 9.18 Å². The summed E-state index contributed by atoms with van der Waals surface area (Å²) in [5.74, 6) is 0.844. The average Bonchev–Trinajstić information content (AvgIpc) is 3.48. The Hall–Kier alpha value is -3.89. The summed E-state index contributed by atoms with van der Waals surface area (Å²) in [6, 6.07) is 23.5. The molecule has 2 saturated heterocycles. The van der Waals surface area contributed by atoms with Crippen molar-refractivity contribution in [1.82, 2.24) is 9.80 Å². The van der Waals surface area contributed by atoms with Crippen molar-refractivity contribution in [3.8, 4) is 17.6 Å². The highest BCUT2D eigenvalue weighted by atomic mass is 19.1. The molecule has 34 heavy (non-hydrogen) atoms. The average molecular weight is 457 g/mol. The Bertz CT molecular complexity index is 1210. The molecule has 7 heteroatoms. The molecule has 3 unspecified atom stereocenters. The van der Waals surface area contributed by atoms with Crippen molar-refractivity contribution >= 4 is 11.7 Å². The molecule has 2 aliphatic heterocycles. The van der Waals surface area contributed by atoms with E-state index in [0.717, 1.165) is 13.0 Å². The summed E-state index contributed by atoms with van der Waals surface area (Å²) in [5.41, 5.74) is 2.55. The smallest absolute Gasteiger partial charge is 0.322 e. The summed E-state index contributed by atoms with van der Waals surface area (Å²) in [5, 5.41) is 12.0. The number of ether oxygens (including phenoxy) is 1. The lowest BCUT2D eigenvalue weighted by Gasteiger charge is -2.37. The number of piperazine rings is 1. The molecule has 3 atom stereocenters. The fraction of sp³-hybridized carbons (Fsp3) is 0.259. The zero-order valence-electron chi connectivity index (χ0n) is 18.8. The van der Waals surface area contributed by atoms with Gasteiger partial charge < -0.3 is 15.0 Å². The highest BCUT2D eigenvalue weighted by Gasteiger charge is 2.46. The Morgan fingerprint density at radius 2 is 1.65 bits per heavy atom. The van der Waals surface area contributed by atoms with Gasteiger partial charge in [0, 0.05) is 36.9 Å². The van der Waals surface area contributed by atoms with Crippen LogP contribution >= 0.6 is 0 Å². The van der Waals surface area contributed by atoms with E-state index in [1.54, 1.807) is 36.4 Å². The van der Waals surface area contributed by atoms with Crippen LogP contribution < -0.4 is 10.1 Å². The molecule has 2 amide bonds. The first kappa shape index (κ1) is 21.9. The molecule has 1 N–H and O–H groups in total. The molecule has 3 aromatic carbocycles. The zero-order chi connectivity index (χ0) is 23.7. The van der Waals surface area contributed by atoms with Crippen molar-refractivity contribution in [3.05, 3.63) is 89.7 Å². The molecule has 3 aromatic rings. The van der Waals surface area contributed by atoms with Crippen LogP contribution in [0, 0.1) is 17.1 Å². The van der Waals surface area contributed by atoms with Gasteiger partial charge in [0.1, 0.15) is 17.3 Å². The first-order valence-corrected chi connectivity index (χ1v) is 11.4. The van der Waals surface area contributed by atoms with Gasteiger partial charge in [-0.1, -0.05) is 12.1 Å². The predicted octanol–water partition coefficient (Wildman–Crippen LogP) is 5.54. The van der Waals surface area contributed by atoms with E-state index in [1.807, 2.05) is 29.2 Å². The highest BCUT2D eigenvalue weighted by molar-refractivity contribution is 5.90. The number of anilines is 1. The number of carbonyl (C=O) groups is 1. The first-order valence-electron chi connectivity index (χ1n) is 11.4. The van der Waals surface area contributed by atoms with E-state index in [-0.39, 0.29) is 23.9 Å². The Balaban J connectivity index is 1.16. The number of rotatable bonds is 5. The molecule has 172 valence electrons. The monoisotopic (exact) mass is 456 g/mol. The van der Waals surface area contributed by atoms with Crippen molar-refractivity contribution in [2.24, 2.45) is 0 Å². The van der Waals surface area contributed by atoms with Crippen LogP contribution in [0.25, 0.3) is 0 Å². The van der Waals surface area contributed by atoms with E-state index in [1.165, 1.54) is 17.7 Å². The van der Waals surface area contributed by atoms with Gasteiger partial charge in [-0.25, -0.2) is 9.18 Å². The lowest BCUT2D eigenvalue weighted by Crippen LogP contribution is -2.50. The second kappa shape index (κ2) is 9.16. The fourth-order valence-electron chi connectivity index (χ4n) is 4.89. The number of carbonyl (C=O) groups excluding carboxylic acids is 1. The van der Waals surface area contributed by atoms with Crippen LogP contribution in [0.1, 0.15) is 30.5 Å². The number of hydrogen-bond acceptors (Lipinski definition) is 4. The topological polar surface area (TPSA) is 68.6 Å². The number of fused-ring (bicyclic) bond motifs is 2. The fourth-order valence-corrected chi connectivity index (χ4v) is 4.89. The van der Waals surface area contributed by atoms with Gasteiger partial charge in [0.2, 0.25) is 0 Å². The summed E-state index contributed by atoms with van der Waals surface area (Å²) >= 11 is 0. The Labute approximate surface area is 198 Å². The minimum absolute atomic E-state index is 0.0922. The summed E-state index contributed by atoms with van der Waals surface area (Å²) in [4.78, 5) is 17.3. The Kier molecular flexibility index (Phi) is 5.91. The number of nitriles is 1. The number of halogens is 1. The maximum absolute atomic E-state index is 13.0. The molecule has 2 aliphatic rings. The predicted molar refractivity (Wildman–Crippen MR) is 127 cm³/mol. The molecular formula is C27H25FN4O2. The van der Waals surface area contributed by atoms with Gasteiger partial charge in [0.25, 0.3) is 0 Å². The quantitative estimate of drug-likeness (QED) is 0.547. The largest absolute Gasteiger partial charge is 0.457 e. The Morgan fingerprint density at radius 3 is 2.24 bits per heavy atom. The number of nitrogens with one attached hydrogen (secondary N) is 1. The third-order valence-electron chi connectivity index (χ3n) is 6.72. The van der Waals surface area contributed by atoms with Crippen molar-refractivity contribution in [3.63, 3.8) is 0 Å². The van der Waals surface area contributed by atoms with E-state index < -0.39 is 0 Å². The third kappa shape index (κ3) is 4.45. The molecule has 2 heterocycles. The minimum atomic E-state index is -0.312. The molecule has 2 bridgehead atoms. The maximum atomic E-state index is 13.0. The molecule has 0 saturated carbocycles. The summed E-state index contributed by atoms with van der Waals surface area (Å²) in [6.07, 6.45) is 0.971. The van der Waals surface area contributed by atoms with Gasteiger partial charge in [0.05, 0.1) is 11.6 Å². The molecule has 2 fully saturated rings.